The zero-order valence-corrected chi connectivity index (χ0v) is 7.25. The Morgan fingerprint density at radius 1 is 1.42 bits per heavy atom. The lowest BCUT2D eigenvalue weighted by molar-refractivity contribution is 0.785. The molecule has 0 atom stereocenters. The molecule has 3 heteroatoms. The van der Waals surface area contributed by atoms with Crippen LogP contribution in [0.1, 0.15) is 0 Å². The maximum Gasteiger partial charge on any atom is 0.177 e. The summed E-state index contributed by atoms with van der Waals surface area (Å²) < 4.78 is 1.93. The van der Waals surface area contributed by atoms with Gasteiger partial charge in [-0.05, 0) is 12.1 Å². The predicted molar refractivity (Wildman–Crippen MR) is 49.3 cm³/mol. The van der Waals surface area contributed by atoms with E-state index in [4.69, 9.17) is 11.6 Å². The number of nitrogens with zero attached hydrogens (tertiary/aromatic N) is 2. The first-order chi connectivity index (χ1) is 5.92. The topological polar surface area (TPSA) is 17.8 Å². The minimum Gasteiger partial charge on any atom is -0.320 e. The van der Waals surface area contributed by atoms with Crippen molar-refractivity contribution in [1.29, 1.82) is 0 Å². The Labute approximate surface area is 75.8 Å². The smallest absolute Gasteiger partial charge is 0.177 e. The molecule has 2 aromatic rings. The summed E-state index contributed by atoms with van der Waals surface area (Å²) >= 11 is 5.62. The molecule has 12 heavy (non-hydrogen) atoms. The highest BCUT2D eigenvalue weighted by molar-refractivity contribution is 6.17. The van der Waals surface area contributed by atoms with E-state index in [1.807, 2.05) is 28.8 Å². The molecule has 2 nitrogen and oxygen atoms in total. The van der Waals surface area contributed by atoms with Gasteiger partial charge in [0.2, 0.25) is 0 Å². The van der Waals surface area contributed by atoms with Crippen molar-refractivity contribution >= 4 is 22.6 Å². The van der Waals surface area contributed by atoms with Gasteiger partial charge in [-0.25, -0.2) is 4.98 Å². The first kappa shape index (κ1) is 7.62. The fourth-order valence-corrected chi connectivity index (χ4v) is 1.38. The fraction of sp³-hybridized carbons (Fsp3) is 0.222. The number of halogens is 1. The van der Waals surface area contributed by atoms with Gasteiger partial charge in [-0.1, -0.05) is 12.1 Å². The molecular weight excluding hydrogens is 172 g/mol. The average Bonchev–Trinajstić information content (AvgIpc) is 2.50. The molecule has 0 aliphatic carbocycles. The van der Waals surface area contributed by atoms with Crippen molar-refractivity contribution in [3.05, 3.63) is 30.6 Å². The Kier molecular flexibility index (Phi) is 2.00. The van der Waals surface area contributed by atoms with Crippen LogP contribution in [-0.4, -0.2) is 15.4 Å². The second-order valence-corrected chi connectivity index (χ2v) is 2.92. The van der Waals surface area contributed by atoms with Crippen LogP contribution in [-0.2, 0) is 6.54 Å². The average molecular weight is 180 g/mol. The van der Waals surface area contributed by atoms with Crippen LogP contribution >= 0.6 is 11.6 Å². The van der Waals surface area contributed by atoms with Gasteiger partial charge in [0.1, 0.15) is 0 Å². The van der Waals surface area contributed by atoms with E-state index < -0.39 is 0 Å². The second kappa shape index (κ2) is 3.15. The lowest BCUT2D eigenvalue weighted by Gasteiger charge is -1.97. The van der Waals surface area contributed by atoms with Crippen LogP contribution in [0, 0.1) is 6.33 Å². The molecule has 0 fully saturated rings. The van der Waals surface area contributed by atoms with Crippen LogP contribution in [0.4, 0.5) is 0 Å². The number of fused-ring (bicyclic) bond motifs is 1. The standard InChI is InChI=1S/C9H8ClN2/c10-5-6-12-7-11-8-3-1-2-4-9(8)12/h1-4H,5-6H2. The number of imidazole rings is 1. The van der Waals surface area contributed by atoms with E-state index in [0.717, 1.165) is 17.6 Å². The lowest BCUT2D eigenvalue weighted by atomic mass is 10.3. The maximum absolute atomic E-state index is 5.62. The van der Waals surface area contributed by atoms with Crippen LogP contribution < -0.4 is 0 Å². The van der Waals surface area contributed by atoms with Crippen molar-refractivity contribution in [2.75, 3.05) is 5.88 Å². The summed E-state index contributed by atoms with van der Waals surface area (Å²) in [5.41, 5.74) is 2.07. The molecule has 0 saturated carbocycles. The molecule has 0 N–H and O–H groups in total. The molecular formula is C9H8ClN2. The molecule has 0 unspecified atom stereocenters. The highest BCUT2D eigenvalue weighted by Crippen LogP contribution is 2.10. The van der Waals surface area contributed by atoms with Gasteiger partial charge < -0.3 is 4.57 Å². The Morgan fingerprint density at radius 3 is 3.08 bits per heavy atom. The van der Waals surface area contributed by atoms with E-state index in [9.17, 15) is 0 Å². The molecule has 1 radical (unpaired) electrons. The van der Waals surface area contributed by atoms with Crippen LogP contribution in [0.3, 0.4) is 0 Å². The van der Waals surface area contributed by atoms with E-state index in [-0.39, 0.29) is 0 Å². The molecule has 0 spiro atoms. The highest BCUT2D eigenvalue weighted by atomic mass is 35.5. The summed E-state index contributed by atoms with van der Waals surface area (Å²) in [6.07, 6.45) is 2.90. The molecule has 0 amide bonds. The summed E-state index contributed by atoms with van der Waals surface area (Å²) in [6.45, 7) is 0.766. The minimum atomic E-state index is 0.594. The van der Waals surface area contributed by atoms with Gasteiger partial charge in [0.15, 0.2) is 6.33 Å². The van der Waals surface area contributed by atoms with E-state index in [2.05, 4.69) is 11.3 Å². The van der Waals surface area contributed by atoms with E-state index in [1.54, 1.807) is 0 Å². The third-order valence-electron chi connectivity index (χ3n) is 1.77. The number of aromatic nitrogens is 2. The first-order valence-electron chi connectivity index (χ1n) is 3.81. The lowest BCUT2D eigenvalue weighted by Crippen LogP contribution is -1.96. The van der Waals surface area contributed by atoms with E-state index >= 15 is 0 Å². The van der Waals surface area contributed by atoms with Crippen molar-refractivity contribution in [2.24, 2.45) is 0 Å². The van der Waals surface area contributed by atoms with Gasteiger partial charge in [0.05, 0.1) is 11.0 Å². The molecule has 2 rings (SSSR count). The molecule has 0 aliphatic rings. The van der Waals surface area contributed by atoms with Crippen molar-refractivity contribution in [3.63, 3.8) is 0 Å². The Morgan fingerprint density at radius 2 is 2.25 bits per heavy atom. The molecule has 61 valence electrons. The van der Waals surface area contributed by atoms with E-state index in [1.165, 1.54) is 0 Å². The second-order valence-electron chi connectivity index (χ2n) is 2.54. The Hall–Kier alpha value is -1.02. The van der Waals surface area contributed by atoms with Crippen LogP contribution in [0.2, 0.25) is 0 Å². The quantitative estimate of drug-likeness (QED) is 0.646. The van der Waals surface area contributed by atoms with Gasteiger partial charge in [0.25, 0.3) is 0 Å². The SMILES string of the molecule is ClCCn1[c]nc2ccccc21. The number of aryl methyl sites for hydroxylation is 1. The summed E-state index contributed by atoms with van der Waals surface area (Å²) in [5.74, 6) is 0.594. The Balaban J connectivity index is 2.55. The summed E-state index contributed by atoms with van der Waals surface area (Å²) in [6, 6.07) is 7.94. The minimum absolute atomic E-state index is 0.594. The van der Waals surface area contributed by atoms with Gasteiger partial charge >= 0.3 is 0 Å². The first-order valence-corrected chi connectivity index (χ1v) is 4.34. The fourth-order valence-electron chi connectivity index (χ4n) is 1.21. The number of alkyl halides is 1. The monoisotopic (exact) mass is 179 g/mol. The van der Waals surface area contributed by atoms with Crippen LogP contribution in [0.15, 0.2) is 24.3 Å². The normalized spacial score (nSPS) is 10.8. The molecule has 0 aliphatic heterocycles. The number of hydrogen-bond acceptors (Lipinski definition) is 1. The Bertz CT molecular complexity index is 381. The molecule has 0 saturated heterocycles. The van der Waals surface area contributed by atoms with Gasteiger partial charge in [0, 0.05) is 12.4 Å². The van der Waals surface area contributed by atoms with Crippen molar-refractivity contribution < 1.29 is 0 Å². The van der Waals surface area contributed by atoms with Crippen LogP contribution in [0.25, 0.3) is 11.0 Å². The highest BCUT2D eigenvalue weighted by Gasteiger charge is 1.99. The maximum atomic E-state index is 5.62. The number of benzene rings is 1. The summed E-state index contributed by atoms with van der Waals surface area (Å²) in [4.78, 5) is 4.12. The zero-order valence-electron chi connectivity index (χ0n) is 6.50. The zero-order chi connectivity index (χ0) is 8.39. The van der Waals surface area contributed by atoms with Gasteiger partial charge in [-0.2, -0.15) is 0 Å². The molecule has 0 bridgehead atoms. The van der Waals surface area contributed by atoms with Crippen molar-refractivity contribution in [2.45, 2.75) is 6.54 Å². The molecule has 1 heterocycles. The number of hydrogen-bond donors (Lipinski definition) is 0. The van der Waals surface area contributed by atoms with Gasteiger partial charge in [-0.15, -0.1) is 11.6 Å². The molecule has 1 aromatic carbocycles. The number of para-hydroxylation sites is 2. The largest absolute Gasteiger partial charge is 0.320 e. The summed E-state index contributed by atoms with van der Waals surface area (Å²) in [5, 5.41) is 0. The van der Waals surface area contributed by atoms with E-state index in [0.29, 0.717) is 5.88 Å². The third kappa shape index (κ3) is 1.18. The van der Waals surface area contributed by atoms with Gasteiger partial charge in [-0.3, -0.25) is 0 Å². The van der Waals surface area contributed by atoms with Crippen molar-refractivity contribution in [1.82, 2.24) is 9.55 Å². The van der Waals surface area contributed by atoms with Crippen molar-refractivity contribution in [3.8, 4) is 0 Å². The predicted octanol–water partition coefficient (Wildman–Crippen LogP) is 2.08. The molecule has 1 aromatic heterocycles. The third-order valence-corrected chi connectivity index (χ3v) is 1.94. The number of rotatable bonds is 2. The van der Waals surface area contributed by atoms with Crippen LogP contribution in [0.5, 0.6) is 0 Å². The summed E-state index contributed by atoms with van der Waals surface area (Å²) in [7, 11) is 0.